The van der Waals surface area contributed by atoms with E-state index in [2.05, 4.69) is 4.98 Å². The number of carbonyl (C=O) groups excluding carboxylic acids is 1. The van der Waals surface area contributed by atoms with Gasteiger partial charge in [-0.3, -0.25) is 4.98 Å². The fourth-order valence-corrected chi connectivity index (χ4v) is 3.03. The summed E-state index contributed by atoms with van der Waals surface area (Å²) in [4.78, 5) is 16.1. The highest BCUT2D eigenvalue weighted by Crippen LogP contribution is 2.31. The Morgan fingerprint density at radius 2 is 1.65 bits per heavy atom. The molecule has 0 saturated carbocycles. The van der Waals surface area contributed by atoms with Crippen molar-refractivity contribution >= 4 is 5.97 Å². The Kier molecular flexibility index (Phi) is 6.95. The molecule has 1 unspecified atom stereocenters. The van der Waals surface area contributed by atoms with Crippen molar-refractivity contribution in [2.24, 2.45) is 0 Å². The van der Waals surface area contributed by atoms with E-state index in [9.17, 15) is 18.0 Å². The molecule has 0 radical (unpaired) electrons. The number of carbonyl (C=O) groups is 1. The van der Waals surface area contributed by atoms with Crippen LogP contribution < -0.4 is 4.74 Å². The second-order valence-corrected chi connectivity index (χ2v) is 6.81. The van der Waals surface area contributed by atoms with Crippen LogP contribution >= 0.6 is 0 Å². The molecule has 3 rings (SSSR count). The van der Waals surface area contributed by atoms with E-state index in [1.807, 2.05) is 13.0 Å². The number of hydrogen-bond acceptors (Lipinski definition) is 4. The average molecular weight is 429 g/mol. The van der Waals surface area contributed by atoms with Crippen molar-refractivity contribution < 1.29 is 27.4 Å². The summed E-state index contributed by atoms with van der Waals surface area (Å²) >= 11 is 0. The summed E-state index contributed by atoms with van der Waals surface area (Å²) < 4.78 is 49.2. The second-order valence-electron chi connectivity index (χ2n) is 6.81. The quantitative estimate of drug-likeness (QED) is 0.404. The molecule has 1 atom stereocenters. The molecule has 1 heterocycles. The van der Waals surface area contributed by atoms with Crippen molar-refractivity contribution in [1.29, 1.82) is 0 Å². The number of alkyl halides is 3. The first-order chi connectivity index (χ1) is 14.8. The minimum atomic E-state index is -4.37. The van der Waals surface area contributed by atoms with Gasteiger partial charge >= 0.3 is 12.1 Å². The van der Waals surface area contributed by atoms with E-state index in [0.29, 0.717) is 35.6 Å². The molecule has 4 nitrogen and oxygen atoms in total. The number of esters is 1. The smallest absolute Gasteiger partial charge is 0.416 e. The lowest BCUT2D eigenvalue weighted by Gasteiger charge is -2.18. The zero-order valence-corrected chi connectivity index (χ0v) is 17.1. The Hall–Kier alpha value is -3.35. The zero-order valence-electron chi connectivity index (χ0n) is 17.1. The standard InChI is InChI=1S/C24H22F3NO3/c1-3-22(31-20-12-7-17(8-13-20)23(29)30-4-2)18-9-14-21(28-15-18)16-5-10-19(11-6-16)24(25,26)27/h5-15,22H,3-4H2,1-2H3. The molecule has 0 aliphatic heterocycles. The fourth-order valence-electron chi connectivity index (χ4n) is 3.03. The van der Waals surface area contributed by atoms with Gasteiger partial charge in [0, 0.05) is 17.3 Å². The largest absolute Gasteiger partial charge is 0.486 e. The van der Waals surface area contributed by atoms with Crippen LogP contribution in [0.2, 0.25) is 0 Å². The maximum atomic E-state index is 12.7. The summed E-state index contributed by atoms with van der Waals surface area (Å²) in [5.74, 6) is 0.218. The van der Waals surface area contributed by atoms with Gasteiger partial charge < -0.3 is 9.47 Å². The lowest BCUT2D eigenvalue weighted by atomic mass is 10.1. The number of aromatic nitrogens is 1. The molecule has 2 aromatic carbocycles. The molecule has 162 valence electrons. The summed E-state index contributed by atoms with van der Waals surface area (Å²) in [6, 6.07) is 15.2. The first-order valence-corrected chi connectivity index (χ1v) is 9.89. The van der Waals surface area contributed by atoms with Crippen molar-refractivity contribution in [3.8, 4) is 17.0 Å². The molecule has 7 heteroatoms. The Labute approximate surface area is 178 Å². The Morgan fingerprint density at radius 1 is 0.968 bits per heavy atom. The van der Waals surface area contributed by atoms with Gasteiger partial charge in [-0.25, -0.2) is 4.79 Å². The molecule has 0 aliphatic rings. The molecule has 1 aromatic heterocycles. The third kappa shape index (κ3) is 5.63. The van der Waals surface area contributed by atoms with Gasteiger partial charge in [-0.15, -0.1) is 0 Å². The minimum Gasteiger partial charge on any atom is -0.486 e. The SMILES string of the molecule is CCOC(=O)c1ccc(OC(CC)c2ccc(-c3ccc(C(F)(F)F)cc3)nc2)cc1. The van der Waals surface area contributed by atoms with Crippen LogP contribution in [0.15, 0.2) is 66.9 Å². The van der Waals surface area contributed by atoms with Crippen LogP contribution in [-0.2, 0) is 10.9 Å². The van der Waals surface area contributed by atoms with E-state index in [1.165, 1.54) is 12.1 Å². The molecular formula is C24H22F3NO3. The van der Waals surface area contributed by atoms with Gasteiger partial charge in [0.05, 0.1) is 23.4 Å². The summed E-state index contributed by atoms with van der Waals surface area (Å²) in [5, 5.41) is 0. The van der Waals surface area contributed by atoms with E-state index in [-0.39, 0.29) is 12.1 Å². The summed E-state index contributed by atoms with van der Waals surface area (Å²) in [6.07, 6.45) is -2.28. The first-order valence-electron chi connectivity index (χ1n) is 9.89. The highest BCUT2D eigenvalue weighted by Gasteiger charge is 2.30. The normalized spacial score (nSPS) is 12.3. The van der Waals surface area contributed by atoms with Crippen LogP contribution in [0.1, 0.15) is 47.9 Å². The first kappa shape index (κ1) is 22.3. The number of hydrogen-bond donors (Lipinski definition) is 0. The van der Waals surface area contributed by atoms with Gasteiger partial charge in [0.2, 0.25) is 0 Å². The monoisotopic (exact) mass is 429 g/mol. The van der Waals surface area contributed by atoms with Crippen molar-refractivity contribution in [3.05, 3.63) is 83.6 Å². The molecule has 0 aliphatic carbocycles. The van der Waals surface area contributed by atoms with Crippen LogP contribution in [0.3, 0.4) is 0 Å². The van der Waals surface area contributed by atoms with Gasteiger partial charge in [-0.05, 0) is 55.8 Å². The number of halogens is 3. The summed E-state index contributed by atoms with van der Waals surface area (Å²) in [6.45, 7) is 4.03. The number of ether oxygens (including phenoxy) is 2. The van der Waals surface area contributed by atoms with Crippen LogP contribution in [-0.4, -0.2) is 17.6 Å². The van der Waals surface area contributed by atoms with Gasteiger partial charge in [0.15, 0.2) is 0 Å². The predicted octanol–water partition coefficient (Wildman–Crippen LogP) is 6.47. The molecule has 0 amide bonds. The molecule has 0 N–H and O–H groups in total. The topological polar surface area (TPSA) is 48.4 Å². The fraction of sp³-hybridized carbons (Fsp3) is 0.250. The predicted molar refractivity (Wildman–Crippen MR) is 111 cm³/mol. The summed E-state index contributed by atoms with van der Waals surface area (Å²) in [7, 11) is 0. The Morgan fingerprint density at radius 3 is 2.16 bits per heavy atom. The zero-order chi connectivity index (χ0) is 22.4. The molecule has 0 saturated heterocycles. The number of rotatable bonds is 7. The maximum Gasteiger partial charge on any atom is 0.416 e. The minimum absolute atomic E-state index is 0.261. The van der Waals surface area contributed by atoms with Crippen molar-refractivity contribution in [3.63, 3.8) is 0 Å². The number of benzene rings is 2. The van der Waals surface area contributed by atoms with Crippen LogP contribution in [0, 0.1) is 0 Å². The average Bonchev–Trinajstić information content (AvgIpc) is 2.78. The van der Waals surface area contributed by atoms with E-state index >= 15 is 0 Å². The molecular weight excluding hydrogens is 407 g/mol. The maximum absolute atomic E-state index is 12.7. The number of nitrogens with zero attached hydrogens (tertiary/aromatic N) is 1. The van der Waals surface area contributed by atoms with Crippen molar-refractivity contribution in [2.45, 2.75) is 32.5 Å². The van der Waals surface area contributed by atoms with Gasteiger partial charge in [-0.1, -0.05) is 25.1 Å². The lowest BCUT2D eigenvalue weighted by molar-refractivity contribution is -0.137. The van der Waals surface area contributed by atoms with E-state index < -0.39 is 11.7 Å². The van der Waals surface area contributed by atoms with E-state index in [0.717, 1.165) is 17.7 Å². The van der Waals surface area contributed by atoms with Crippen molar-refractivity contribution in [1.82, 2.24) is 4.98 Å². The second kappa shape index (κ2) is 9.64. The molecule has 3 aromatic rings. The third-order valence-electron chi connectivity index (χ3n) is 4.68. The van der Waals surface area contributed by atoms with Gasteiger partial charge in [0.25, 0.3) is 0 Å². The van der Waals surface area contributed by atoms with Gasteiger partial charge in [-0.2, -0.15) is 13.2 Å². The van der Waals surface area contributed by atoms with Crippen LogP contribution in [0.4, 0.5) is 13.2 Å². The Bertz CT molecular complexity index is 998. The highest BCUT2D eigenvalue weighted by atomic mass is 19.4. The Balaban J connectivity index is 1.71. The summed E-state index contributed by atoms with van der Waals surface area (Å²) in [5.41, 5.74) is 1.77. The molecule has 0 spiro atoms. The number of pyridine rings is 1. The van der Waals surface area contributed by atoms with E-state index in [1.54, 1.807) is 43.5 Å². The molecule has 0 bridgehead atoms. The van der Waals surface area contributed by atoms with Crippen molar-refractivity contribution in [2.75, 3.05) is 6.61 Å². The van der Waals surface area contributed by atoms with E-state index in [4.69, 9.17) is 9.47 Å². The third-order valence-corrected chi connectivity index (χ3v) is 4.68. The van der Waals surface area contributed by atoms with Crippen LogP contribution in [0.25, 0.3) is 11.3 Å². The molecule has 0 fully saturated rings. The van der Waals surface area contributed by atoms with Gasteiger partial charge in [0.1, 0.15) is 11.9 Å². The molecule has 31 heavy (non-hydrogen) atoms. The van der Waals surface area contributed by atoms with Crippen LogP contribution in [0.5, 0.6) is 5.75 Å². The lowest BCUT2D eigenvalue weighted by Crippen LogP contribution is -2.08. The highest BCUT2D eigenvalue weighted by molar-refractivity contribution is 5.89.